The third-order valence-corrected chi connectivity index (χ3v) is 2.29. The van der Waals surface area contributed by atoms with Crippen molar-refractivity contribution < 1.29 is 9.53 Å². The predicted octanol–water partition coefficient (Wildman–Crippen LogP) is 0.440. The number of carbonyl (C=O) groups excluding carboxylic acids is 1. The molecule has 0 bridgehead atoms. The molecule has 0 aliphatic carbocycles. The number of amides is 1. The molecule has 4 N–H and O–H groups in total. The van der Waals surface area contributed by atoms with Crippen molar-refractivity contribution in [3.8, 4) is 5.75 Å². The number of hydrogen-bond acceptors (Lipinski definition) is 3. The normalized spacial score (nSPS) is 14.3. The number of rotatable bonds is 4. The van der Waals surface area contributed by atoms with E-state index in [-0.39, 0.29) is 0 Å². The van der Waals surface area contributed by atoms with Gasteiger partial charge >= 0.3 is 0 Å². The quantitative estimate of drug-likeness (QED) is 0.753. The summed E-state index contributed by atoms with van der Waals surface area (Å²) in [5.74, 6) is 0.273. The Morgan fingerprint density at radius 3 is 2.33 bits per heavy atom. The van der Waals surface area contributed by atoms with Gasteiger partial charge in [0.1, 0.15) is 5.75 Å². The molecular weight excluding hydrogens is 192 g/mol. The van der Waals surface area contributed by atoms with Gasteiger partial charge in [-0.15, -0.1) is 0 Å². The van der Waals surface area contributed by atoms with E-state index < -0.39 is 11.4 Å². The van der Waals surface area contributed by atoms with Crippen molar-refractivity contribution in [1.82, 2.24) is 0 Å². The number of hydrogen-bond donors (Lipinski definition) is 2. The lowest BCUT2D eigenvalue weighted by atomic mass is 9.93. The van der Waals surface area contributed by atoms with Crippen LogP contribution in [0.15, 0.2) is 24.3 Å². The summed E-state index contributed by atoms with van der Waals surface area (Å²) < 4.78 is 5.02. The summed E-state index contributed by atoms with van der Waals surface area (Å²) >= 11 is 0. The monoisotopic (exact) mass is 208 g/mol. The molecular formula is C11H16N2O2. The van der Waals surface area contributed by atoms with E-state index in [1.54, 1.807) is 14.0 Å². The highest BCUT2D eigenvalue weighted by Crippen LogP contribution is 2.15. The van der Waals surface area contributed by atoms with Gasteiger partial charge in [-0.2, -0.15) is 0 Å². The van der Waals surface area contributed by atoms with Gasteiger partial charge in [-0.1, -0.05) is 12.1 Å². The zero-order valence-corrected chi connectivity index (χ0v) is 8.99. The van der Waals surface area contributed by atoms with Crippen molar-refractivity contribution >= 4 is 5.91 Å². The van der Waals surface area contributed by atoms with Crippen molar-refractivity contribution in [2.24, 2.45) is 11.5 Å². The number of carbonyl (C=O) groups is 1. The van der Waals surface area contributed by atoms with Crippen LogP contribution >= 0.6 is 0 Å². The maximum atomic E-state index is 11.0. The predicted molar refractivity (Wildman–Crippen MR) is 58.5 cm³/mol. The lowest BCUT2D eigenvalue weighted by Crippen LogP contribution is -2.51. The Morgan fingerprint density at radius 2 is 1.93 bits per heavy atom. The van der Waals surface area contributed by atoms with Crippen LogP contribution in [-0.4, -0.2) is 18.6 Å². The number of primary amides is 1. The van der Waals surface area contributed by atoms with Crippen molar-refractivity contribution in [1.29, 1.82) is 0 Å². The van der Waals surface area contributed by atoms with Crippen LogP contribution in [0, 0.1) is 0 Å². The Bertz CT molecular complexity index is 344. The maximum absolute atomic E-state index is 11.0. The Labute approximate surface area is 89.2 Å². The molecule has 0 radical (unpaired) electrons. The molecule has 0 aromatic heterocycles. The van der Waals surface area contributed by atoms with Crippen molar-refractivity contribution in [3.63, 3.8) is 0 Å². The first-order valence-electron chi connectivity index (χ1n) is 4.67. The molecule has 1 unspecified atom stereocenters. The van der Waals surface area contributed by atoms with E-state index in [1.807, 2.05) is 24.3 Å². The summed E-state index contributed by atoms with van der Waals surface area (Å²) in [6.45, 7) is 1.62. The third kappa shape index (κ3) is 2.95. The fraction of sp³-hybridized carbons (Fsp3) is 0.364. The second-order valence-electron chi connectivity index (χ2n) is 3.81. The van der Waals surface area contributed by atoms with E-state index in [1.165, 1.54) is 0 Å². The molecule has 1 rings (SSSR count). The average Bonchev–Trinajstić information content (AvgIpc) is 2.18. The second-order valence-corrected chi connectivity index (χ2v) is 3.81. The van der Waals surface area contributed by atoms with E-state index in [9.17, 15) is 4.79 Å². The molecule has 0 aliphatic heterocycles. The standard InChI is InChI=1S/C11H16N2O2/c1-11(13,10(12)14)7-8-3-5-9(15-2)6-4-8/h3-6H,7,13H2,1-2H3,(H2,12,14). The van der Waals surface area contributed by atoms with E-state index in [4.69, 9.17) is 16.2 Å². The Hall–Kier alpha value is -1.55. The highest BCUT2D eigenvalue weighted by molar-refractivity contribution is 5.84. The van der Waals surface area contributed by atoms with Crippen LogP contribution in [0.2, 0.25) is 0 Å². The van der Waals surface area contributed by atoms with Gasteiger partial charge in [0.05, 0.1) is 12.6 Å². The van der Waals surface area contributed by atoms with Gasteiger partial charge in [0, 0.05) is 0 Å². The van der Waals surface area contributed by atoms with Crippen LogP contribution in [0.5, 0.6) is 5.75 Å². The zero-order valence-electron chi connectivity index (χ0n) is 8.99. The molecule has 4 heteroatoms. The van der Waals surface area contributed by atoms with E-state index in [2.05, 4.69) is 0 Å². The molecule has 0 heterocycles. The van der Waals surface area contributed by atoms with Crippen molar-refractivity contribution in [2.45, 2.75) is 18.9 Å². The molecule has 4 nitrogen and oxygen atoms in total. The largest absolute Gasteiger partial charge is 0.497 e. The summed E-state index contributed by atoms with van der Waals surface area (Å²) in [5.41, 5.74) is 10.9. The van der Waals surface area contributed by atoms with Gasteiger partial charge in [-0.05, 0) is 31.0 Å². The zero-order chi connectivity index (χ0) is 11.5. The van der Waals surface area contributed by atoms with Crippen LogP contribution in [0.4, 0.5) is 0 Å². The minimum absolute atomic E-state index is 0.423. The SMILES string of the molecule is COc1ccc(CC(C)(N)C(N)=O)cc1. The minimum atomic E-state index is -1.01. The number of benzene rings is 1. The van der Waals surface area contributed by atoms with Gasteiger partial charge in [-0.3, -0.25) is 4.79 Å². The molecule has 0 spiro atoms. The Kier molecular flexibility index (Phi) is 3.31. The molecule has 0 saturated carbocycles. The average molecular weight is 208 g/mol. The van der Waals surface area contributed by atoms with Crippen LogP contribution in [0.1, 0.15) is 12.5 Å². The van der Waals surface area contributed by atoms with Crippen LogP contribution in [0.3, 0.4) is 0 Å². The number of ether oxygens (including phenoxy) is 1. The molecule has 82 valence electrons. The van der Waals surface area contributed by atoms with Crippen LogP contribution in [0.25, 0.3) is 0 Å². The Morgan fingerprint density at radius 1 is 1.40 bits per heavy atom. The van der Waals surface area contributed by atoms with Gasteiger partial charge < -0.3 is 16.2 Å². The number of methoxy groups -OCH3 is 1. The molecule has 0 fully saturated rings. The van der Waals surface area contributed by atoms with E-state index in [0.717, 1.165) is 11.3 Å². The lowest BCUT2D eigenvalue weighted by molar-refractivity contribution is -0.122. The highest BCUT2D eigenvalue weighted by atomic mass is 16.5. The minimum Gasteiger partial charge on any atom is -0.497 e. The lowest BCUT2D eigenvalue weighted by Gasteiger charge is -2.20. The summed E-state index contributed by atoms with van der Waals surface area (Å²) in [6.07, 6.45) is 0.423. The first-order valence-corrected chi connectivity index (χ1v) is 4.67. The first-order chi connectivity index (χ1) is 6.95. The van der Waals surface area contributed by atoms with Gasteiger partial charge in [0.25, 0.3) is 0 Å². The second kappa shape index (κ2) is 4.31. The molecule has 1 amide bonds. The molecule has 15 heavy (non-hydrogen) atoms. The van der Waals surface area contributed by atoms with Gasteiger partial charge in [-0.25, -0.2) is 0 Å². The molecule has 1 atom stereocenters. The number of nitrogens with two attached hydrogens (primary N) is 2. The highest BCUT2D eigenvalue weighted by Gasteiger charge is 2.25. The first kappa shape index (κ1) is 11.5. The van der Waals surface area contributed by atoms with Crippen molar-refractivity contribution in [3.05, 3.63) is 29.8 Å². The van der Waals surface area contributed by atoms with Crippen LogP contribution < -0.4 is 16.2 Å². The topological polar surface area (TPSA) is 78.3 Å². The van der Waals surface area contributed by atoms with E-state index >= 15 is 0 Å². The third-order valence-electron chi connectivity index (χ3n) is 2.29. The summed E-state index contributed by atoms with van der Waals surface area (Å²) in [7, 11) is 1.60. The maximum Gasteiger partial charge on any atom is 0.237 e. The van der Waals surface area contributed by atoms with Gasteiger partial charge in [0.2, 0.25) is 5.91 Å². The molecule has 0 aliphatic rings. The smallest absolute Gasteiger partial charge is 0.237 e. The Balaban J connectivity index is 2.77. The fourth-order valence-corrected chi connectivity index (χ4v) is 1.25. The fourth-order valence-electron chi connectivity index (χ4n) is 1.25. The molecule has 0 saturated heterocycles. The molecule has 1 aromatic rings. The summed E-state index contributed by atoms with van der Waals surface area (Å²) in [4.78, 5) is 11.0. The van der Waals surface area contributed by atoms with E-state index in [0.29, 0.717) is 6.42 Å². The molecule has 1 aromatic carbocycles. The van der Waals surface area contributed by atoms with Crippen molar-refractivity contribution in [2.75, 3.05) is 7.11 Å². The summed E-state index contributed by atoms with van der Waals surface area (Å²) in [5, 5.41) is 0. The van der Waals surface area contributed by atoms with Gasteiger partial charge in [0.15, 0.2) is 0 Å². The van der Waals surface area contributed by atoms with Crippen LogP contribution in [-0.2, 0) is 11.2 Å². The summed E-state index contributed by atoms with van der Waals surface area (Å²) in [6, 6.07) is 7.39.